The van der Waals surface area contributed by atoms with E-state index in [0.717, 1.165) is 6.42 Å². The minimum Gasteiger partial charge on any atom is -0.271 e. The zero-order valence-corrected chi connectivity index (χ0v) is 13.0. The summed E-state index contributed by atoms with van der Waals surface area (Å²) in [6.45, 7) is 4.17. The molecule has 2 aromatic carbocycles. The van der Waals surface area contributed by atoms with Crippen LogP contribution in [-0.4, -0.2) is 6.04 Å². The molecule has 0 heterocycles. The Balaban J connectivity index is 2.10. The molecule has 2 aromatic rings. The first-order valence-electron chi connectivity index (χ1n) is 6.95. The van der Waals surface area contributed by atoms with E-state index in [0.29, 0.717) is 17.0 Å². The summed E-state index contributed by atoms with van der Waals surface area (Å²) in [6.07, 6.45) is 1.27. The molecule has 3 N–H and O–H groups in total. The van der Waals surface area contributed by atoms with Gasteiger partial charge >= 0.3 is 0 Å². The third-order valence-corrected chi connectivity index (χ3v) is 4.01. The smallest absolute Gasteiger partial charge is 0.127 e. The second kappa shape index (κ2) is 7.03. The summed E-state index contributed by atoms with van der Waals surface area (Å²) >= 11 is 5.77. The van der Waals surface area contributed by atoms with Crippen LogP contribution in [0.4, 0.5) is 4.39 Å². The fourth-order valence-electron chi connectivity index (χ4n) is 2.36. The summed E-state index contributed by atoms with van der Waals surface area (Å²) in [7, 11) is 0. The molecule has 2 nitrogen and oxygen atoms in total. The quantitative estimate of drug-likeness (QED) is 0.653. The monoisotopic (exact) mass is 306 g/mol. The first-order valence-corrected chi connectivity index (χ1v) is 7.33. The van der Waals surface area contributed by atoms with Crippen LogP contribution >= 0.6 is 11.6 Å². The Morgan fingerprint density at radius 1 is 1.10 bits per heavy atom. The van der Waals surface area contributed by atoms with E-state index in [1.165, 1.54) is 22.8 Å². The Bertz CT molecular complexity index is 628. The van der Waals surface area contributed by atoms with Crippen LogP contribution < -0.4 is 11.3 Å². The van der Waals surface area contributed by atoms with E-state index < -0.39 is 0 Å². The number of nitrogens with two attached hydrogens (primary N) is 1. The number of hydrogen-bond donors (Lipinski definition) is 2. The predicted molar refractivity (Wildman–Crippen MR) is 85.8 cm³/mol. The molecule has 0 fully saturated rings. The van der Waals surface area contributed by atoms with E-state index in [1.807, 2.05) is 0 Å². The van der Waals surface area contributed by atoms with Crippen LogP contribution in [0, 0.1) is 19.7 Å². The highest BCUT2D eigenvalue weighted by Crippen LogP contribution is 2.18. The number of nitrogens with one attached hydrogen (secondary N) is 1. The molecule has 1 unspecified atom stereocenters. The van der Waals surface area contributed by atoms with Gasteiger partial charge in [-0.2, -0.15) is 0 Å². The summed E-state index contributed by atoms with van der Waals surface area (Å²) in [5.74, 6) is 5.33. The van der Waals surface area contributed by atoms with Crippen LogP contribution in [0.5, 0.6) is 0 Å². The number of hydrogen-bond acceptors (Lipinski definition) is 2. The SMILES string of the molecule is Cc1ccc(CC(Cc2ccc(Cl)cc2F)NN)cc1C. The van der Waals surface area contributed by atoms with Crippen molar-refractivity contribution in [1.82, 2.24) is 5.43 Å². The largest absolute Gasteiger partial charge is 0.271 e. The number of rotatable bonds is 5. The molecule has 0 saturated heterocycles. The zero-order valence-electron chi connectivity index (χ0n) is 12.3. The van der Waals surface area contributed by atoms with E-state index in [4.69, 9.17) is 17.4 Å². The maximum atomic E-state index is 13.8. The van der Waals surface area contributed by atoms with Crippen molar-refractivity contribution in [2.45, 2.75) is 32.7 Å². The summed E-state index contributed by atoms with van der Waals surface area (Å²) in [5.41, 5.74) is 7.10. The lowest BCUT2D eigenvalue weighted by atomic mass is 9.97. The zero-order chi connectivity index (χ0) is 15.4. The van der Waals surface area contributed by atoms with Crippen molar-refractivity contribution in [3.63, 3.8) is 0 Å². The Hall–Kier alpha value is -1.42. The lowest BCUT2D eigenvalue weighted by molar-refractivity contribution is 0.506. The highest BCUT2D eigenvalue weighted by atomic mass is 35.5. The molecule has 0 radical (unpaired) electrons. The van der Waals surface area contributed by atoms with Gasteiger partial charge in [-0.1, -0.05) is 35.9 Å². The second-order valence-electron chi connectivity index (χ2n) is 5.43. The van der Waals surface area contributed by atoms with Crippen LogP contribution in [-0.2, 0) is 12.8 Å². The van der Waals surface area contributed by atoms with E-state index in [2.05, 4.69) is 37.5 Å². The van der Waals surface area contributed by atoms with Crippen LogP contribution in [0.1, 0.15) is 22.3 Å². The van der Waals surface area contributed by atoms with Crippen molar-refractivity contribution in [3.8, 4) is 0 Å². The standard InChI is InChI=1S/C17H20ClFN2/c1-11-3-4-13(7-12(11)2)8-16(21-20)9-14-5-6-15(18)10-17(14)19/h3-7,10,16,21H,8-9,20H2,1-2H3. The first-order chi connectivity index (χ1) is 9.99. The molecule has 0 aliphatic rings. The van der Waals surface area contributed by atoms with E-state index in [-0.39, 0.29) is 11.9 Å². The molecule has 1 atom stereocenters. The molecule has 0 bridgehead atoms. The summed E-state index contributed by atoms with van der Waals surface area (Å²) in [6, 6.07) is 11.1. The molecule has 2 rings (SSSR count). The van der Waals surface area contributed by atoms with Gasteiger partial charge in [0, 0.05) is 11.1 Å². The van der Waals surface area contributed by atoms with Gasteiger partial charge in [0.05, 0.1) is 0 Å². The topological polar surface area (TPSA) is 38.0 Å². The van der Waals surface area contributed by atoms with Gasteiger partial charge < -0.3 is 0 Å². The molecular formula is C17H20ClFN2. The number of aryl methyl sites for hydroxylation is 2. The van der Waals surface area contributed by atoms with Crippen molar-refractivity contribution in [3.05, 3.63) is 69.5 Å². The Morgan fingerprint density at radius 2 is 1.86 bits per heavy atom. The number of benzene rings is 2. The van der Waals surface area contributed by atoms with Crippen molar-refractivity contribution >= 4 is 11.6 Å². The third-order valence-electron chi connectivity index (χ3n) is 3.77. The molecule has 4 heteroatoms. The van der Waals surface area contributed by atoms with Gasteiger partial charge in [-0.15, -0.1) is 0 Å². The molecule has 0 saturated carbocycles. The molecule has 0 amide bonds. The maximum absolute atomic E-state index is 13.8. The first kappa shape index (κ1) is 16.0. The normalized spacial score (nSPS) is 12.4. The van der Waals surface area contributed by atoms with Gasteiger partial charge in [-0.3, -0.25) is 11.3 Å². The minimum atomic E-state index is -0.289. The Labute approximate surface area is 130 Å². The van der Waals surface area contributed by atoms with Crippen LogP contribution in [0.25, 0.3) is 0 Å². The third kappa shape index (κ3) is 4.27. The van der Waals surface area contributed by atoms with Gasteiger partial charge in [0.2, 0.25) is 0 Å². The van der Waals surface area contributed by atoms with Gasteiger partial charge in [0.25, 0.3) is 0 Å². The molecule has 112 valence electrons. The molecule has 0 aromatic heterocycles. The van der Waals surface area contributed by atoms with Gasteiger partial charge in [0.1, 0.15) is 5.82 Å². The average molecular weight is 307 g/mol. The Kier molecular flexibility index (Phi) is 5.34. The van der Waals surface area contributed by atoms with Crippen molar-refractivity contribution in [2.75, 3.05) is 0 Å². The van der Waals surface area contributed by atoms with E-state index in [9.17, 15) is 4.39 Å². The summed E-state index contributed by atoms with van der Waals surface area (Å²) in [4.78, 5) is 0. The van der Waals surface area contributed by atoms with Crippen LogP contribution in [0.2, 0.25) is 5.02 Å². The van der Waals surface area contributed by atoms with Crippen molar-refractivity contribution in [1.29, 1.82) is 0 Å². The maximum Gasteiger partial charge on any atom is 0.127 e. The molecule has 0 aliphatic carbocycles. The van der Waals surface area contributed by atoms with Crippen molar-refractivity contribution < 1.29 is 4.39 Å². The number of hydrazine groups is 1. The lowest BCUT2D eigenvalue weighted by Crippen LogP contribution is -2.38. The molecule has 21 heavy (non-hydrogen) atoms. The van der Waals surface area contributed by atoms with Gasteiger partial charge in [-0.25, -0.2) is 4.39 Å². The molecule has 0 spiro atoms. The Morgan fingerprint density at radius 3 is 2.48 bits per heavy atom. The average Bonchev–Trinajstić information content (AvgIpc) is 2.44. The highest BCUT2D eigenvalue weighted by molar-refractivity contribution is 6.30. The van der Waals surface area contributed by atoms with Crippen molar-refractivity contribution in [2.24, 2.45) is 5.84 Å². The predicted octanol–water partition coefficient (Wildman–Crippen LogP) is 3.71. The highest BCUT2D eigenvalue weighted by Gasteiger charge is 2.12. The number of halogens is 2. The molecular weight excluding hydrogens is 287 g/mol. The van der Waals surface area contributed by atoms with E-state index >= 15 is 0 Å². The van der Waals surface area contributed by atoms with E-state index in [1.54, 1.807) is 12.1 Å². The van der Waals surface area contributed by atoms with Gasteiger partial charge in [-0.05, 0) is 61.1 Å². The minimum absolute atomic E-state index is 0.0252. The molecule has 0 aliphatic heterocycles. The fraction of sp³-hybridized carbons (Fsp3) is 0.294. The van der Waals surface area contributed by atoms with Gasteiger partial charge in [0.15, 0.2) is 0 Å². The summed E-state index contributed by atoms with van der Waals surface area (Å²) < 4.78 is 13.8. The fourth-order valence-corrected chi connectivity index (χ4v) is 2.52. The lowest BCUT2D eigenvalue weighted by Gasteiger charge is -2.17. The summed E-state index contributed by atoms with van der Waals surface area (Å²) in [5, 5.41) is 0.405. The van der Waals surface area contributed by atoms with Crippen LogP contribution in [0.3, 0.4) is 0 Å². The van der Waals surface area contributed by atoms with Crippen LogP contribution in [0.15, 0.2) is 36.4 Å². The second-order valence-corrected chi connectivity index (χ2v) is 5.86.